The molecule has 0 heterocycles. The first kappa shape index (κ1) is 12.0. The third-order valence-electron chi connectivity index (χ3n) is 1.37. The fourth-order valence-corrected chi connectivity index (χ4v) is 0.668. The SMILES string of the molecule is CCCC=C(O)C(=O)OCCCO. The molecule has 13 heavy (non-hydrogen) atoms. The van der Waals surface area contributed by atoms with Crippen LogP contribution in [0.3, 0.4) is 0 Å². The number of esters is 1. The van der Waals surface area contributed by atoms with Gasteiger partial charge in [-0.15, -0.1) is 0 Å². The molecule has 0 aromatic rings. The van der Waals surface area contributed by atoms with Crippen LogP contribution in [0.4, 0.5) is 0 Å². The van der Waals surface area contributed by atoms with Crippen LogP contribution < -0.4 is 0 Å². The van der Waals surface area contributed by atoms with E-state index in [1.807, 2.05) is 6.92 Å². The Kier molecular flexibility index (Phi) is 7.01. The standard InChI is InChI=1S/C9H16O4/c1-2-3-5-8(11)9(12)13-7-4-6-10/h5,10-11H,2-4,6-7H2,1H3. The van der Waals surface area contributed by atoms with Gasteiger partial charge in [0.05, 0.1) is 6.61 Å². The summed E-state index contributed by atoms with van der Waals surface area (Å²) in [4.78, 5) is 10.9. The maximum Gasteiger partial charge on any atom is 0.373 e. The topological polar surface area (TPSA) is 66.8 Å². The average Bonchev–Trinajstić information content (AvgIpc) is 2.14. The van der Waals surface area contributed by atoms with Gasteiger partial charge >= 0.3 is 5.97 Å². The second-order valence-electron chi connectivity index (χ2n) is 2.59. The highest BCUT2D eigenvalue weighted by Gasteiger charge is 2.07. The van der Waals surface area contributed by atoms with Crippen molar-refractivity contribution in [2.45, 2.75) is 26.2 Å². The smallest absolute Gasteiger partial charge is 0.373 e. The van der Waals surface area contributed by atoms with Crippen molar-refractivity contribution in [2.75, 3.05) is 13.2 Å². The number of allylic oxidation sites excluding steroid dienone is 1. The fourth-order valence-electron chi connectivity index (χ4n) is 0.668. The maximum atomic E-state index is 10.9. The molecule has 0 saturated carbocycles. The van der Waals surface area contributed by atoms with Crippen LogP contribution in [0.2, 0.25) is 0 Å². The molecule has 0 aliphatic rings. The van der Waals surface area contributed by atoms with E-state index in [9.17, 15) is 4.79 Å². The van der Waals surface area contributed by atoms with Crippen molar-refractivity contribution in [1.29, 1.82) is 0 Å². The number of ether oxygens (including phenoxy) is 1. The molecule has 0 rings (SSSR count). The van der Waals surface area contributed by atoms with Crippen molar-refractivity contribution in [3.8, 4) is 0 Å². The number of aliphatic hydroxyl groups is 2. The van der Waals surface area contributed by atoms with E-state index in [4.69, 9.17) is 10.2 Å². The van der Waals surface area contributed by atoms with Crippen molar-refractivity contribution in [3.05, 3.63) is 11.8 Å². The van der Waals surface area contributed by atoms with E-state index in [1.54, 1.807) is 0 Å². The van der Waals surface area contributed by atoms with Gasteiger partial charge in [-0.05, 0) is 12.5 Å². The third kappa shape index (κ3) is 6.16. The maximum absolute atomic E-state index is 10.9. The molecule has 76 valence electrons. The van der Waals surface area contributed by atoms with Crippen molar-refractivity contribution < 1.29 is 19.7 Å². The molecule has 0 amide bonds. The summed E-state index contributed by atoms with van der Waals surface area (Å²) in [7, 11) is 0. The van der Waals surface area contributed by atoms with Gasteiger partial charge < -0.3 is 14.9 Å². The van der Waals surface area contributed by atoms with Crippen LogP contribution in [-0.4, -0.2) is 29.4 Å². The van der Waals surface area contributed by atoms with Gasteiger partial charge in [-0.2, -0.15) is 0 Å². The number of hydrogen-bond donors (Lipinski definition) is 2. The molecular weight excluding hydrogens is 172 g/mol. The largest absolute Gasteiger partial charge is 0.502 e. The summed E-state index contributed by atoms with van der Waals surface area (Å²) < 4.78 is 4.62. The van der Waals surface area contributed by atoms with E-state index in [-0.39, 0.29) is 19.0 Å². The summed E-state index contributed by atoms with van der Waals surface area (Å²) in [5.74, 6) is -1.07. The highest BCUT2D eigenvalue weighted by Crippen LogP contribution is 1.98. The summed E-state index contributed by atoms with van der Waals surface area (Å²) in [6.45, 7) is 2.06. The van der Waals surface area contributed by atoms with Gasteiger partial charge in [0.1, 0.15) is 0 Å². The first-order chi connectivity index (χ1) is 6.22. The number of aliphatic hydroxyl groups excluding tert-OH is 2. The molecule has 0 radical (unpaired) electrons. The Hall–Kier alpha value is -1.03. The van der Waals surface area contributed by atoms with Gasteiger partial charge in [0.25, 0.3) is 0 Å². The lowest BCUT2D eigenvalue weighted by atomic mass is 10.3. The molecule has 0 bridgehead atoms. The van der Waals surface area contributed by atoms with Crippen LogP contribution in [0, 0.1) is 0 Å². The van der Waals surface area contributed by atoms with Crippen LogP contribution in [0.25, 0.3) is 0 Å². The van der Waals surface area contributed by atoms with E-state index < -0.39 is 5.97 Å². The normalized spacial score (nSPS) is 11.4. The number of unbranched alkanes of at least 4 members (excludes halogenated alkanes) is 1. The fraction of sp³-hybridized carbons (Fsp3) is 0.667. The summed E-state index contributed by atoms with van der Waals surface area (Å²) in [6.07, 6.45) is 3.35. The zero-order valence-corrected chi connectivity index (χ0v) is 7.82. The van der Waals surface area contributed by atoms with Gasteiger partial charge in [0, 0.05) is 13.0 Å². The number of carbonyl (C=O) groups excluding carboxylic acids is 1. The van der Waals surface area contributed by atoms with E-state index in [0.29, 0.717) is 12.8 Å². The van der Waals surface area contributed by atoms with E-state index in [2.05, 4.69) is 4.74 Å². The molecule has 2 N–H and O–H groups in total. The number of rotatable bonds is 6. The first-order valence-electron chi connectivity index (χ1n) is 4.39. The highest BCUT2D eigenvalue weighted by molar-refractivity contribution is 5.85. The van der Waals surface area contributed by atoms with Gasteiger partial charge in [-0.3, -0.25) is 0 Å². The molecule has 0 atom stereocenters. The van der Waals surface area contributed by atoms with E-state index in [0.717, 1.165) is 6.42 Å². The van der Waals surface area contributed by atoms with Crippen LogP contribution in [0.15, 0.2) is 11.8 Å². The monoisotopic (exact) mass is 188 g/mol. The first-order valence-corrected chi connectivity index (χ1v) is 4.39. The van der Waals surface area contributed by atoms with E-state index >= 15 is 0 Å². The Labute approximate surface area is 77.8 Å². The minimum absolute atomic E-state index is 0.0211. The molecule has 0 aliphatic heterocycles. The molecule has 4 heteroatoms. The minimum atomic E-state index is -0.720. The molecule has 0 aromatic heterocycles. The summed E-state index contributed by atoms with van der Waals surface area (Å²) in [6, 6.07) is 0. The van der Waals surface area contributed by atoms with Crippen LogP contribution in [0.5, 0.6) is 0 Å². The zero-order valence-electron chi connectivity index (χ0n) is 7.82. The summed E-state index contributed by atoms with van der Waals surface area (Å²) in [5, 5.41) is 17.5. The lowest BCUT2D eigenvalue weighted by molar-refractivity contribution is -0.142. The lowest BCUT2D eigenvalue weighted by Gasteiger charge is -2.01. The van der Waals surface area contributed by atoms with Crippen molar-refractivity contribution >= 4 is 5.97 Å². The molecular formula is C9H16O4. The molecule has 0 aliphatic carbocycles. The second-order valence-corrected chi connectivity index (χ2v) is 2.59. The van der Waals surface area contributed by atoms with Crippen molar-refractivity contribution in [3.63, 3.8) is 0 Å². The van der Waals surface area contributed by atoms with Gasteiger partial charge in [0.15, 0.2) is 5.76 Å². The summed E-state index contributed by atoms with van der Waals surface area (Å²) in [5.41, 5.74) is 0. The molecule has 0 saturated heterocycles. The highest BCUT2D eigenvalue weighted by atomic mass is 16.5. The zero-order chi connectivity index (χ0) is 10.1. The van der Waals surface area contributed by atoms with Gasteiger partial charge in [-0.25, -0.2) is 4.79 Å². The Bertz CT molecular complexity index is 174. The third-order valence-corrected chi connectivity index (χ3v) is 1.37. The van der Waals surface area contributed by atoms with Crippen LogP contribution >= 0.6 is 0 Å². The Balaban J connectivity index is 3.69. The minimum Gasteiger partial charge on any atom is -0.502 e. The lowest BCUT2D eigenvalue weighted by Crippen LogP contribution is -2.09. The van der Waals surface area contributed by atoms with Crippen molar-refractivity contribution in [1.82, 2.24) is 0 Å². The Morgan fingerprint density at radius 3 is 2.77 bits per heavy atom. The molecule has 4 nitrogen and oxygen atoms in total. The molecule has 0 spiro atoms. The van der Waals surface area contributed by atoms with Crippen molar-refractivity contribution in [2.24, 2.45) is 0 Å². The van der Waals surface area contributed by atoms with Gasteiger partial charge in [0.2, 0.25) is 0 Å². The van der Waals surface area contributed by atoms with Crippen LogP contribution in [-0.2, 0) is 9.53 Å². The van der Waals surface area contributed by atoms with Gasteiger partial charge in [-0.1, -0.05) is 13.3 Å². The van der Waals surface area contributed by atoms with Crippen LogP contribution in [0.1, 0.15) is 26.2 Å². The predicted molar refractivity (Wildman–Crippen MR) is 48.3 cm³/mol. The molecule has 0 fully saturated rings. The number of carbonyl (C=O) groups is 1. The quantitative estimate of drug-likeness (QED) is 0.284. The Morgan fingerprint density at radius 2 is 2.23 bits per heavy atom. The average molecular weight is 188 g/mol. The predicted octanol–water partition coefficient (Wildman–Crippen LogP) is 1.15. The molecule has 0 unspecified atom stereocenters. The molecule has 0 aromatic carbocycles. The van der Waals surface area contributed by atoms with E-state index in [1.165, 1.54) is 6.08 Å². The summed E-state index contributed by atoms with van der Waals surface area (Å²) >= 11 is 0. The number of hydrogen-bond acceptors (Lipinski definition) is 4. The Morgan fingerprint density at radius 1 is 1.54 bits per heavy atom. The second kappa shape index (κ2) is 7.61.